The van der Waals surface area contributed by atoms with Crippen molar-refractivity contribution < 1.29 is 14.0 Å². The Balaban J connectivity index is 3.04. The van der Waals surface area contributed by atoms with Crippen LogP contribution in [-0.2, 0) is 17.4 Å². The van der Waals surface area contributed by atoms with Crippen LogP contribution in [0.4, 0.5) is 0 Å². The zero-order chi connectivity index (χ0) is 14.3. The van der Waals surface area contributed by atoms with Crippen molar-refractivity contribution in [3.8, 4) is 5.75 Å². The van der Waals surface area contributed by atoms with Crippen LogP contribution in [0.25, 0.3) is 0 Å². The summed E-state index contributed by atoms with van der Waals surface area (Å²) in [6.45, 7) is 6.34. The van der Waals surface area contributed by atoms with Crippen molar-refractivity contribution in [3.05, 3.63) is 28.8 Å². The number of benzene rings is 1. The molecule has 0 amide bonds. The quantitative estimate of drug-likeness (QED) is 0.703. The SMILES string of the molecule is CCCCc1ccc(O[P+](=O)O)c(C)c1CCCC. The van der Waals surface area contributed by atoms with Gasteiger partial charge in [0.1, 0.15) is 0 Å². The number of hydrogen-bond acceptors (Lipinski definition) is 2. The molecule has 3 nitrogen and oxygen atoms in total. The van der Waals surface area contributed by atoms with E-state index < -0.39 is 8.25 Å². The molecule has 106 valence electrons. The lowest BCUT2D eigenvalue weighted by molar-refractivity contribution is 0.409. The van der Waals surface area contributed by atoms with Gasteiger partial charge >= 0.3 is 8.25 Å². The van der Waals surface area contributed by atoms with Crippen LogP contribution in [-0.4, -0.2) is 4.89 Å². The van der Waals surface area contributed by atoms with Gasteiger partial charge in [-0.3, -0.25) is 0 Å². The minimum Gasteiger partial charge on any atom is -0.229 e. The maximum Gasteiger partial charge on any atom is 0.747 e. The van der Waals surface area contributed by atoms with E-state index in [0.29, 0.717) is 5.75 Å². The molecule has 19 heavy (non-hydrogen) atoms. The highest BCUT2D eigenvalue weighted by Gasteiger charge is 2.19. The van der Waals surface area contributed by atoms with Gasteiger partial charge in [0, 0.05) is 10.1 Å². The molecule has 0 aliphatic rings. The summed E-state index contributed by atoms with van der Waals surface area (Å²) in [6.07, 6.45) is 6.71. The summed E-state index contributed by atoms with van der Waals surface area (Å²) in [7, 11) is -2.59. The average molecular weight is 283 g/mol. The Morgan fingerprint density at radius 2 is 1.79 bits per heavy atom. The predicted molar refractivity (Wildman–Crippen MR) is 78.9 cm³/mol. The Kier molecular flexibility index (Phi) is 7.04. The first-order chi connectivity index (χ1) is 9.10. The van der Waals surface area contributed by atoms with Crippen molar-refractivity contribution in [1.82, 2.24) is 0 Å². The normalized spacial score (nSPS) is 11.5. The molecule has 0 fully saturated rings. The van der Waals surface area contributed by atoms with Crippen LogP contribution in [0, 0.1) is 6.92 Å². The van der Waals surface area contributed by atoms with E-state index in [9.17, 15) is 4.57 Å². The largest absolute Gasteiger partial charge is 0.747 e. The summed E-state index contributed by atoms with van der Waals surface area (Å²) in [5, 5.41) is 0. The van der Waals surface area contributed by atoms with Gasteiger partial charge in [-0.05, 0) is 49.8 Å². The van der Waals surface area contributed by atoms with E-state index in [0.717, 1.165) is 31.2 Å². The van der Waals surface area contributed by atoms with Gasteiger partial charge in [-0.1, -0.05) is 32.8 Å². The predicted octanol–water partition coefficient (Wildman–Crippen LogP) is 4.71. The second kappa shape index (κ2) is 8.29. The molecular formula is C15H24O3P+. The van der Waals surface area contributed by atoms with Crippen molar-refractivity contribution in [2.75, 3.05) is 0 Å². The van der Waals surface area contributed by atoms with Gasteiger partial charge in [0.25, 0.3) is 0 Å². The van der Waals surface area contributed by atoms with Gasteiger partial charge in [-0.25, -0.2) is 4.52 Å². The van der Waals surface area contributed by atoms with Crippen LogP contribution >= 0.6 is 8.25 Å². The molecule has 0 heterocycles. The van der Waals surface area contributed by atoms with Crippen molar-refractivity contribution in [3.63, 3.8) is 0 Å². The Bertz CT molecular complexity index is 430. The number of hydrogen-bond donors (Lipinski definition) is 1. The molecule has 1 rings (SSSR count). The van der Waals surface area contributed by atoms with E-state index in [2.05, 4.69) is 13.8 Å². The fraction of sp³-hybridized carbons (Fsp3) is 0.600. The van der Waals surface area contributed by atoms with Gasteiger partial charge in [0.2, 0.25) is 0 Å². The van der Waals surface area contributed by atoms with Crippen LogP contribution in [0.1, 0.15) is 56.2 Å². The van der Waals surface area contributed by atoms with E-state index >= 15 is 0 Å². The Labute approximate surface area is 117 Å². The van der Waals surface area contributed by atoms with E-state index in [4.69, 9.17) is 9.42 Å². The second-order valence-corrected chi connectivity index (χ2v) is 5.52. The van der Waals surface area contributed by atoms with Crippen molar-refractivity contribution >= 4 is 8.25 Å². The molecule has 4 heteroatoms. The lowest BCUT2D eigenvalue weighted by Crippen LogP contribution is -2.00. The van der Waals surface area contributed by atoms with Gasteiger partial charge in [-0.2, -0.15) is 0 Å². The maximum atomic E-state index is 10.8. The Morgan fingerprint density at radius 3 is 2.37 bits per heavy atom. The fourth-order valence-electron chi connectivity index (χ4n) is 2.28. The number of rotatable bonds is 8. The molecule has 1 unspecified atom stereocenters. The van der Waals surface area contributed by atoms with Crippen molar-refractivity contribution in [2.45, 2.75) is 59.3 Å². The molecule has 0 aliphatic carbocycles. The first-order valence-electron chi connectivity index (χ1n) is 7.05. The van der Waals surface area contributed by atoms with E-state index in [-0.39, 0.29) is 0 Å². The van der Waals surface area contributed by atoms with Gasteiger partial charge < -0.3 is 0 Å². The Morgan fingerprint density at radius 1 is 1.16 bits per heavy atom. The highest BCUT2D eigenvalue weighted by atomic mass is 31.1. The van der Waals surface area contributed by atoms with Crippen LogP contribution in [0.2, 0.25) is 0 Å². The minimum atomic E-state index is -2.59. The third-order valence-corrected chi connectivity index (χ3v) is 3.76. The lowest BCUT2D eigenvalue weighted by Gasteiger charge is -2.13. The van der Waals surface area contributed by atoms with Gasteiger partial charge in [0.15, 0.2) is 5.75 Å². The minimum absolute atomic E-state index is 0.537. The third-order valence-electron chi connectivity index (χ3n) is 3.40. The monoisotopic (exact) mass is 283 g/mol. The number of unbranched alkanes of at least 4 members (excludes halogenated alkanes) is 2. The van der Waals surface area contributed by atoms with E-state index in [1.807, 2.05) is 19.1 Å². The highest BCUT2D eigenvalue weighted by Crippen LogP contribution is 2.32. The molecule has 1 N–H and O–H groups in total. The van der Waals surface area contributed by atoms with Gasteiger partial charge in [0.05, 0.1) is 0 Å². The molecule has 1 atom stereocenters. The third kappa shape index (κ3) is 4.93. The summed E-state index contributed by atoms with van der Waals surface area (Å²) in [5.41, 5.74) is 3.66. The molecule has 1 aromatic rings. The van der Waals surface area contributed by atoms with Crippen molar-refractivity contribution in [2.24, 2.45) is 0 Å². The summed E-state index contributed by atoms with van der Waals surface area (Å²) >= 11 is 0. The summed E-state index contributed by atoms with van der Waals surface area (Å²) in [4.78, 5) is 8.89. The molecule has 0 aliphatic heterocycles. The first kappa shape index (κ1) is 16.1. The average Bonchev–Trinajstić information content (AvgIpc) is 2.37. The molecule has 0 radical (unpaired) electrons. The summed E-state index contributed by atoms with van der Waals surface area (Å²) in [6, 6.07) is 3.86. The van der Waals surface area contributed by atoms with Crippen LogP contribution in [0.15, 0.2) is 12.1 Å². The molecular weight excluding hydrogens is 259 g/mol. The highest BCUT2D eigenvalue weighted by molar-refractivity contribution is 7.32. The van der Waals surface area contributed by atoms with Gasteiger partial charge in [-0.15, -0.1) is 4.89 Å². The summed E-state index contributed by atoms with van der Waals surface area (Å²) < 4.78 is 15.8. The number of aryl methyl sites for hydroxylation is 1. The van der Waals surface area contributed by atoms with Crippen LogP contribution in [0.5, 0.6) is 5.75 Å². The topological polar surface area (TPSA) is 46.5 Å². The smallest absolute Gasteiger partial charge is 0.229 e. The summed E-state index contributed by atoms with van der Waals surface area (Å²) in [5.74, 6) is 0.537. The van der Waals surface area contributed by atoms with Crippen molar-refractivity contribution in [1.29, 1.82) is 0 Å². The molecule has 0 bridgehead atoms. The van der Waals surface area contributed by atoms with Crippen LogP contribution in [0.3, 0.4) is 0 Å². The maximum absolute atomic E-state index is 10.8. The standard InChI is InChI=1S/C15H23O3P/c1-4-6-8-13-10-11-15(18-19(16)17)12(3)14(13)9-7-5-2/h10-11H,4-9H2,1-3H3/p+1. The zero-order valence-corrected chi connectivity index (χ0v) is 13.0. The molecule has 0 saturated heterocycles. The molecule has 0 saturated carbocycles. The zero-order valence-electron chi connectivity index (χ0n) is 12.1. The van der Waals surface area contributed by atoms with E-state index in [1.165, 1.54) is 24.0 Å². The first-order valence-corrected chi connectivity index (χ1v) is 8.18. The van der Waals surface area contributed by atoms with Crippen LogP contribution < -0.4 is 4.52 Å². The molecule has 0 spiro atoms. The fourth-order valence-corrected chi connectivity index (χ4v) is 2.64. The lowest BCUT2D eigenvalue weighted by atomic mass is 9.93. The molecule has 1 aromatic carbocycles. The molecule has 0 aromatic heterocycles. The second-order valence-electron chi connectivity index (χ2n) is 4.86. The van der Waals surface area contributed by atoms with E-state index in [1.54, 1.807) is 0 Å². The Hall–Kier alpha value is -0.920.